The van der Waals surface area contributed by atoms with Gasteiger partial charge in [-0.05, 0) is 17.7 Å². The second-order valence-electron chi connectivity index (χ2n) is 7.52. The number of nitrogens with zero attached hydrogens (tertiary/aromatic N) is 4. The molecule has 31 heavy (non-hydrogen) atoms. The molecular weight excluding hydrogens is 412 g/mol. The highest BCUT2D eigenvalue weighted by Gasteiger charge is 2.21. The van der Waals surface area contributed by atoms with Crippen LogP contribution in [-0.2, 0) is 11.2 Å². The molecule has 2 heterocycles. The number of rotatable bonds is 7. The van der Waals surface area contributed by atoms with Crippen LogP contribution in [0.4, 0.5) is 0 Å². The zero-order valence-corrected chi connectivity index (χ0v) is 18.0. The van der Waals surface area contributed by atoms with E-state index in [9.17, 15) is 4.79 Å². The SMILES string of the molecule is O=C(CCc1nc(-c2cccc(Cl)c2)no1)N1CCN(C/C=C/c2ccccc2)CC1. The maximum Gasteiger partial charge on any atom is 0.227 e. The van der Waals surface area contributed by atoms with Gasteiger partial charge >= 0.3 is 0 Å². The van der Waals surface area contributed by atoms with Crippen LogP contribution in [0.25, 0.3) is 17.5 Å². The molecule has 0 radical (unpaired) electrons. The Balaban J connectivity index is 1.20. The first-order valence-electron chi connectivity index (χ1n) is 10.5. The van der Waals surface area contributed by atoms with Gasteiger partial charge in [0, 0.05) is 56.2 Å². The molecule has 7 heteroatoms. The Labute approximate surface area is 187 Å². The molecule has 1 aromatic heterocycles. The van der Waals surface area contributed by atoms with E-state index in [-0.39, 0.29) is 5.91 Å². The number of hydrogen-bond donors (Lipinski definition) is 0. The molecular formula is C24H25ClN4O2. The quantitative estimate of drug-likeness (QED) is 0.556. The molecule has 1 saturated heterocycles. The summed E-state index contributed by atoms with van der Waals surface area (Å²) in [5.41, 5.74) is 2.00. The topological polar surface area (TPSA) is 62.5 Å². The number of carbonyl (C=O) groups excluding carboxylic acids is 1. The largest absolute Gasteiger partial charge is 0.340 e. The van der Waals surface area contributed by atoms with Crippen molar-refractivity contribution in [1.29, 1.82) is 0 Å². The van der Waals surface area contributed by atoms with Crippen LogP contribution in [0.15, 0.2) is 65.2 Å². The Kier molecular flexibility index (Phi) is 7.12. The fourth-order valence-electron chi connectivity index (χ4n) is 3.56. The van der Waals surface area contributed by atoms with Crippen LogP contribution in [0.2, 0.25) is 5.02 Å². The molecule has 4 rings (SSSR count). The first kappa shape index (κ1) is 21.3. The van der Waals surface area contributed by atoms with Crippen molar-refractivity contribution in [2.24, 2.45) is 0 Å². The molecule has 1 amide bonds. The molecule has 0 spiro atoms. The Morgan fingerprint density at radius 1 is 1.06 bits per heavy atom. The Morgan fingerprint density at radius 3 is 2.65 bits per heavy atom. The Bertz CT molecular complexity index is 1030. The number of carbonyl (C=O) groups is 1. The number of amides is 1. The summed E-state index contributed by atoms with van der Waals surface area (Å²) in [5.74, 6) is 1.08. The van der Waals surface area contributed by atoms with Gasteiger partial charge in [0.25, 0.3) is 0 Å². The maximum atomic E-state index is 12.6. The number of aryl methyl sites for hydroxylation is 1. The van der Waals surface area contributed by atoms with Gasteiger partial charge in [-0.3, -0.25) is 9.69 Å². The minimum absolute atomic E-state index is 0.127. The second kappa shape index (κ2) is 10.4. The summed E-state index contributed by atoms with van der Waals surface area (Å²) in [7, 11) is 0. The highest BCUT2D eigenvalue weighted by Crippen LogP contribution is 2.20. The number of halogens is 1. The summed E-state index contributed by atoms with van der Waals surface area (Å²) in [6.07, 6.45) is 5.12. The molecule has 1 aliphatic heterocycles. The standard InChI is InChI=1S/C24H25ClN4O2/c25-21-10-4-9-20(18-21)24-26-22(31-27-24)11-12-23(30)29-16-14-28(15-17-29)13-5-8-19-6-2-1-3-7-19/h1-10,18H,11-17H2/b8-5+. The van der Waals surface area contributed by atoms with E-state index in [1.54, 1.807) is 12.1 Å². The molecule has 6 nitrogen and oxygen atoms in total. The van der Waals surface area contributed by atoms with E-state index < -0.39 is 0 Å². The normalized spacial score (nSPS) is 14.9. The van der Waals surface area contributed by atoms with Gasteiger partial charge in [0.05, 0.1) is 0 Å². The van der Waals surface area contributed by atoms with E-state index in [0.717, 1.165) is 38.3 Å². The average Bonchev–Trinajstić information content (AvgIpc) is 3.28. The summed E-state index contributed by atoms with van der Waals surface area (Å²) in [4.78, 5) is 21.3. The van der Waals surface area contributed by atoms with E-state index in [1.807, 2.05) is 35.2 Å². The summed E-state index contributed by atoms with van der Waals surface area (Å²) in [6, 6.07) is 17.6. The summed E-state index contributed by atoms with van der Waals surface area (Å²) < 4.78 is 5.30. The number of piperazine rings is 1. The van der Waals surface area contributed by atoms with Crippen LogP contribution in [0.1, 0.15) is 17.9 Å². The lowest BCUT2D eigenvalue weighted by molar-refractivity contribution is -0.132. The zero-order valence-electron chi connectivity index (χ0n) is 17.3. The molecule has 1 fully saturated rings. The molecule has 0 N–H and O–H groups in total. The lowest BCUT2D eigenvalue weighted by Crippen LogP contribution is -2.48. The van der Waals surface area contributed by atoms with E-state index >= 15 is 0 Å². The highest BCUT2D eigenvalue weighted by atomic mass is 35.5. The van der Waals surface area contributed by atoms with Crippen LogP contribution in [0.5, 0.6) is 0 Å². The third kappa shape index (κ3) is 6.03. The van der Waals surface area contributed by atoms with Crippen LogP contribution in [0.3, 0.4) is 0 Å². The fraction of sp³-hybridized carbons (Fsp3) is 0.292. The van der Waals surface area contributed by atoms with Gasteiger partial charge in [0.2, 0.25) is 17.6 Å². The molecule has 0 aliphatic carbocycles. The summed E-state index contributed by atoms with van der Waals surface area (Å²) >= 11 is 6.01. The lowest BCUT2D eigenvalue weighted by atomic mass is 10.2. The van der Waals surface area contributed by atoms with Crippen molar-refractivity contribution in [2.75, 3.05) is 32.7 Å². The summed E-state index contributed by atoms with van der Waals surface area (Å²) in [6.45, 7) is 4.14. The van der Waals surface area contributed by atoms with Gasteiger partial charge < -0.3 is 9.42 Å². The predicted octanol–water partition coefficient (Wildman–Crippen LogP) is 4.18. The highest BCUT2D eigenvalue weighted by molar-refractivity contribution is 6.30. The first-order valence-corrected chi connectivity index (χ1v) is 10.9. The molecule has 0 bridgehead atoms. The van der Waals surface area contributed by atoms with Crippen LogP contribution in [-0.4, -0.2) is 58.6 Å². The van der Waals surface area contributed by atoms with Gasteiger partial charge in [-0.15, -0.1) is 0 Å². The van der Waals surface area contributed by atoms with Gasteiger partial charge in [-0.1, -0.05) is 71.4 Å². The van der Waals surface area contributed by atoms with Gasteiger partial charge in [-0.25, -0.2) is 0 Å². The van der Waals surface area contributed by atoms with Crippen molar-refractivity contribution in [3.05, 3.63) is 77.2 Å². The van der Waals surface area contributed by atoms with E-state index in [0.29, 0.717) is 29.6 Å². The van der Waals surface area contributed by atoms with Crippen LogP contribution < -0.4 is 0 Å². The number of aromatic nitrogens is 2. The smallest absolute Gasteiger partial charge is 0.227 e. The van der Waals surface area contributed by atoms with Crippen molar-refractivity contribution in [1.82, 2.24) is 19.9 Å². The number of hydrogen-bond acceptors (Lipinski definition) is 5. The molecule has 3 aromatic rings. The molecule has 0 unspecified atom stereocenters. The fourth-order valence-corrected chi connectivity index (χ4v) is 3.75. The monoisotopic (exact) mass is 436 g/mol. The van der Waals surface area contributed by atoms with E-state index in [2.05, 4.69) is 39.3 Å². The summed E-state index contributed by atoms with van der Waals surface area (Å²) in [5, 5.41) is 4.61. The number of benzene rings is 2. The zero-order chi connectivity index (χ0) is 21.5. The predicted molar refractivity (Wildman–Crippen MR) is 122 cm³/mol. The van der Waals surface area contributed by atoms with Crippen molar-refractivity contribution in [2.45, 2.75) is 12.8 Å². The minimum Gasteiger partial charge on any atom is -0.340 e. The second-order valence-corrected chi connectivity index (χ2v) is 7.95. The molecule has 1 aliphatic rings. The van der Waals surface area contributed by atoms with Crippen molar-refractivity contribution >= 4 is 23.6 Å². The van der Waals surface area contributed by atoms with Crippen LogP contribution >= 0.6 is 11.6 Å². The van der Waals surface area contributed by atoms with Crippen molar-refractivity contribution in [3.63, 3.8) is 0 Å². The van der Waals surface area contributed by atoms with Crippen LogP contribution in [0, 0.1) is 0 Å². The third-order valence-electron chi connectivity index (χ3n) is 5.30. The Morgan fingerprint density at radius 2 is 1.87 bits per heavy atom. The third-order valence-corrected chi connectivity index (χ3v) is 5.54. The molecule has 0 saturated carbocycles. The minimum atomic E-state index is 0.127. The lowest BCUT2D eigenvalue weighted by Gasteiger charge is -2.34. The molecule has 0 atom stereocenters. The van der Waals surface area contributed by atoms with Gasteiger partial charge in [0.1, 0.15) is 0 Å². The van der Waals surface area contributed by atoms with Gasteiger partial charge in [0.15, 0.2) is 0 Å². The average molecular weight is 437 g/mol. The molecule has 160 valence electrons. The van der Waals surface area contributed by atoms with Crippen molar-refractivity contribution in [3.8, 4) is 11.4 Å². The molecule has 2 aromatic carbocycles. The first-order chi connectivity index (χ1) is 15.2. The van der Waals surface area contributed by atoms with E-state index in [1.165, 1.54) is 5.56 Å². The van der Waals surface area contributed by atoms with Crippen molar-refractivity contribution < 1.29 is 9.32 Å². The van der Waals surface area contributed by atoms with E-state index in [4.69, 9.17) is 16.1 Å². The maximum absolute atomic E-state index is 12.6. The Hall–Kier alpha value is -2.96. The van der Waals surface area contributed by atoms with Gasteiger partial charge in [-0.2, -0.15) is 4.98 Å².